The lowest BCUT2D eigenvalue weighted by atomic mass is 9.96. The van der Waals surface area contributed by atoms with E-state index in [1.165, 1.54) is 0 Å². The van der Waals surface area contributed by atoms with Crippen LogP contribution in [0.4, 0.5) is 0 Å². The number of hydrogen-bond acceptors (Lipinski definition) is 4. The average molecular weight is 252 g/mol. The highest BCUT2D eigenvalue weighted by Crippen LogP contribution is 2.22. The standard InChI is InChI=1S/C13H20N2O3/c1-4-7-18-11-5-6-14-12(15-11)10(13(16)17)8-9(2)3/h5-6,9-10H,4,7-8H2,1-3H3,(H,16,17). The van der Waals surface area contributed by atoms with Crippen molar-refractivity contribution in [1.82, 2.24) is 9.97 Å². The third-order valence-electron chi connectivity index (χ3n) is 2.42. The van der Waals surface area contributed by atoms with Crippen molar-refractivity contribution in [2.24, 2.45) is 5.92 Å². The first-order valence-electron chi connectivity index (χ1n) is 6.23. The fourth-order valence-corrected chi connectivity index (χ4v) is 1.60. The highest BCUT2D eigenvalue weighted by molar-refractivity contribution is 5.74. The van der Waals surface area contributed by atoms with Crippen LogP contribution in [0.15, 0.2) is 12.3 Å². The Morgan fingerprint density at radius 2 is 2.22 bits per heavy atom. The SMILES string of the molecule is CCCOc1ccnc(C(CC(C)C)C(=O)O)n1. The number of hydrogen-bond donors (Lipinski definition) is 1. The first kappa shape index (κ1) is 14.4. The van der Waals surface area contributed by atoms with Gasteiger partial charge in [0.05, 0.1) is 6.61 Å². The van der Waals surface area contributed by atoms with E-state index >= 15 is 0 Å². The summed E-state index contributed by atoms with van der Waals surface area (Å²) in [6.45, 7) is 6.53. The molecule has 5 heteroatoms. The van der Waals surface area contributed by atoms with E-state index in [4.69, 9.17) is 4.74 Å². The number of rotatable bonds is 7. The van der Waals surface area contributed by atoms with Gasteiger partial charge in [-0.3, -0.25) is 4.79 Å². The minimum Gasteiger partial charge on any atom is -0.481 e. The van der Waals surface area contributed by atoms with Crippen molar-refractivity contribution < 1.29 is 14.6 Å². The Kier molecular flexibility index (Phi) is 5.55. The molecule has 0 aliphatic carbocycles. The summed E-state index contributed by atoms with van der Waals surface area (Å²) in [5, 5.41) is 9.22. The largest absolute Gasteiger partial charge is 0.481 e. The summed E-state index contributed by atoms with van der Waals surface area (Å²) in [6.07, 6.45) is 2.95. The van der Waals surface area contributed by atoms with Crippen molar-refractivity contribution in [3.05, 3.63) is 18.1 Å². The summed E-state index contributed by atoms with van der Waals surface area (Å²) in [5.74, 6) is -0.525. The highest BCUT2D eigenvalue weighted by atomic mass is 16.5. The molecule has 1 unspecified atom stereocenters. The van der Waals surface area contributed by atoms with E-state index in [2.05, 4.69) is 9.97 Å². The lowest BCUT2D eigenvalue weighted by Gasteiger charge is -2.14. The average Bonchev–Trinajstić information content (AvgIpc) is 2.33. The molecule has 1 aromatic rings. The lowest BCUT2D eigenvalue weighted by Crippen LogP contribution is -2.17. The van der Waals surface area contributed by atoms with Crippen LogP contribution in [-0.4, -0.2) is 27.7 Å². The monoisotopic (exact) mass is 252 g/mol. The van der Waals surface area contributed by atoms with Gasteiger partial charge in [0.15, 0.2) is 0 Å². The van der Waals surface area contributed by atoms with Crippen LogP contribution >= 0.6 is 0 Å². The van der Waals surface area contributed by atoms with Gasteiger partial charge in [0.2, 0.25) is 5.88 Å². The number of nitrogens with zero attached hydrogens (tertiary/aromatic N) is 2. The minimum absolute atomic E-state index is 0.273. The van der Waals surface area contributed by atoms with Crippen LogP contribution < -0.4 is 4.74 Å². The molecule has 0 amide bonds. The molecule has 18 heavy (non-hydrogen) atoms. The second kappa shape index (κ2) is 6.93. The van der Waals surface area contributed by atoms with Gasteiger partial charge in [-0.2, -0.15) is 4.98 Å². The van der Waals surface area contributed by atoms with Crippen molar-refractivity contribution in [3.8, 4) is 5.88 Å². The smallest absolute Gasteiger partial charge is 0.314 e. The Hall–Kier alpha value is -1.65. The molecule has 0 fully saturated rings. The van der Waals surface area contributed by atoms with Gasteiger partial charge in [-0.15, -0.1) is 0 Å². The van der Waals surface area contributed by atoms with Gasteiger partial charge in [-0.1, -0.05) is 20.8 Å². The first-order chi connectivity index (χ1) is 8.54. The normalized spacial score (nSPS) is 12.4. The molecule has 100 valence electrons. The molecule has 1 rings (SSSR count). The van der Waals surface area contributed by atoms with Crippen molar-refractivity contribution in [3.63, 3.8) is 0 Å². The van der Waals surface area contributed by atoms with E-state index in [-0.39, 0.29) is 5.92 Å². The Balaban J connectivity index is 2.87. The highest BCUT2D eigenvalue weighted by Gasteiger charge is 2.24. The minimum atomic E-state index is -0.892. The van der Waals surface area contributed by atoms with Gasteiger partial charge in [0.25, 0.3) is 0 Å². The topological polar surface area (TPSA) is 72.3 Å². The summed E-state index contributed by atoms with van der Waals surface area (Å²) < 4.78 is 5.39. The van der Waals surface area contributed by atoms with Gasteiger partial charge in [0.1, 0.15) is 11.7 Å². The number of aliphatic carboxylic acids is 1. The van der Waals surface area contributed by atoms with Gasteiger partial charge in [-0.05, 0) is 18.8 Å². The molecular weight excluding hydrogens is 232 g/mol. The quantitative estimate of drug-likeness (QED) is 0.807. The molecule has 1 atom stereocenters. The zero-order chi connectivity index (χ0) is 13.5. The van der Waals surface area contributed by atoms with Crippen LogP contribution in [0.2, 0.25) is 0 Å². The van der Waals surface area contributed by atoms with Gasteiger partial charge >= 0.3 is 5.97 Å². The molecule has 1 N–H and O–H groups in total. The molecule has 1 heterocycles. The Bertz CT molecular complexity index is 394. The van der Waals surface area contributed by atoms with Crippen LogP contribution in [0.3, 0.4) is 0 Å². The number of carbonyl (C=O) groups is 1. The lowest BCUT2D eigenvalue weighted by molar-refractivity contribution is -0.139. The molecule has 0 radical (unpaired) electrons. The zero-order valence-electron chi connectivity index (χ0n) is 11.1. The molecule has 0 aliphatic heterocycles. The molecule has 5 nitrogen and oxygen atoms in total. The van der Waals surface area contributed by atoms with E-state index in [1.54, 1.807) is 12.3 Å². The zero-order valence-corrected chi connectivity index (χ0v) is 11.1. The third kappa shape index (κ3) is 4.31. The molecule has 0 spiro atoms. The van der Waals surface area contributed by atoms with Crippen molar-refractivity contribution in [2.75, 3.05) is 6.61 Å². The molecule has 0 aromatic carbocycles. The van der Waals surface area contributed by atoms with E-state index in [0.717, 1.165) is 6.42 Å². The van der Waals surface area contributed by atoms with E-state index in [0.29, 0.717) is 24.7 Å². The molecule has 0 saturated heterocycles. The number of carboxylic acids is 1. The van der Waals surface area contributed by atoms with Crippen LogP contribution in [0.25, 0.3) is 0 Å². The predicted molar refractivity (Wildman–Crippen MR) is 67.6 cm³/mol. The van der Waals surface area contributed by atoms with E-state index in [9.17, 15) is 9.90 Å². The molecule has 1 aromatic heterocycles. The summed E-state index contributed by atoms with van der Waals surface area (Å²) >= 11 is 0. The summed E-state index contributed by atoms with van der Waals surface area (Å²) in [7, 11) is 0. The van der Waals surface area contributed by atoms with Gasteiger partial charge < -0.3 is 9.84 Å². The van der Waals surface area contributed by atoms with Gasteiger partial charge in [-0.25, -0.2) is 4.98 Å². The summed E-state index contributed by atoms with van der Waals surface area (Å²) in [5.41, 5.74) is 0. The maximum absolute atomic E-state index is 11.2. The second-order valence-electron chi connectivity index (χ2n) is 4.62. The first-order valence-corrected chi connectivity index (χ1v) is 6.23. The van der Waals surface area contributed by atoms with E-state index < -0.39 is 11.9 Å². The molecule has 0 aliphatic rings. The van der Waals surface area contributed by atoms with Crippen LogP contribution in [0.5, 0.6) is 5.88 Å². The van der Waals surface area contributed by atoms with Crippen molar-refractivity contribution in [1.29, 1.82) is 0 Å². The van der Waals surface area contributed by atoms with E-state index in [1.807, 2.05) is 20.8 Å². The molecule has 0 bridgehead atoms. The van der Waals surface area contributed by atoms with Gasteiger partial charge in [0, 0.05) is 12.3 Å². The Morgan fingerprint density at radius 1 is 1.50 bits per heavy atom. The second-order valence-corrected chi connectivity index (χ2v) is 4.62. The van der Waals surface area contributed by atoms with Crippen molar-refractivity contribution in [2.45, 2.75) is 39.5 Å². The van der Waals surface area contributed by atoms with Crippen LogP contribution in [0.1, 0.15) is 45.4 Å². The summed E-state index contributed by atoms with van der Waals surface area (Å²) in [4.78, 5) is 19.5. The van der Waals surface area contributed by atoms with Crippen LogP contribution in [-0.2, 0) is 4.79 Å². The Labute approximate surface area is 107 Å². The predicted octanol–water partition coefficient (Wildman–Crippen LogP) is 2.48. The fraction of sp³-hybridized carbons (Fsp3) is 0.615. The number of carboxylic acid groups (broad SMARTS) is 1. The number of ether oxygens (including phenoxy) is 1. The fourth-order valence-electron chi connectivity index (χ4n) is 1.60. The number of aromatic nitrogens is 2. The summed E-state index contributed by atoms with van der Waals surface area (Å²) in [6, 6.07) is 1.65. The van der Waals surface area contributed by atoms with Crippen molar-refractivity contribution >= 4 is 5.97 Å². The molecule has 0 saturated carbocycles. The maximum atomic E-state index is 11.2. The van der Waals surface area contributed by atoms with Crippen LogP contribution in [0, 0.1) is 5.92 Å². The third-order valence-corrected chi connectivity index (χ3v) is 2.42. The Morgan fingerprint density at radius 3 is 2.78 bits per heavy atom. The maximum Gasteiger partial charge on any atom is 0.314 e. The molecular formula is C13H20N2O3.